The molecule has 9 nitrogen and oxygen atoms in total. The molecule has 0 aliphatic carbocycles. The van der Waals surface area contributed by atoms with Crippen molar-refractivity contribution in [3.63, 3.8) is 0 Å². The molecule has 31 heavy (non-hydrogen) atoms. The fraction of sp³-hybridized carbons (Fsp3) is 0.167. The largest absolute Gasteiger partial charge is 0.452 e. The Bertz CT molecular complexity index is 1040. The Kier molecular flexibility index (Phi) is 7.58. The molecule has 3 amide bonds. The van der Waals surface area contributed by atoms with Gasteiger partial charge in [0.25, 0.3) is 15.9 Å². The number of esters is 1. The van der Waals surface area contributed by atoms with Gasteiger partial charge in [-0.3, -0.25) is 14.8 Å². The number of alkyl halides is 3. The molecule has 0 saturated heterocycles. The molecule has 0 aliphatic rings. The van der Waals surface area contributed by atoms with E-state index in [-0.39, 0.29) is 10.5 Å². The summed E-state index contributed by atoms with van der Waals surface area (Å²) in [7, 11) is -3.90. The molecule has 0 bridgehead atoms. The lowest BCUT2D eigenvalue weighted by atomic mass is 10.2. The predicted molar refractivity (Wildman–Crippen MR) is 102 cm³/mol. The molecule has 0 saturated carbocycles. The molecule has 0 aliphatic heterocycles. The zero-order valence-corrected chi connectivity index (χ0v) is 16.4. The van der Waals surface area contributed by atoms with Gasteiger partial charge in [0.15, 0.2) is 6.61 Å². The van der Waals surface area contributed by atoms with Gasteiger partial charge in [0.05, 0.1) is 10.5 Å². The highest BCUT2D eigenvalue weighted by Gasteiger charge is 2.28. The Morgan fingerprint density at radius 2 is 1.55 bits per heavy atom. The average molecular weight is 459 g/mol. The zero-order valence-electron chi connectivity index (χ0n) is 15.6. The van der Waals surface area contributed by atoms with Crippen molar-refractivity contribution in [2.45, 2.75) is 11.1 Å². The first-order valence-electron chi connectivity index (χ1n) is 8.46. The molecule has 166 valence electrons. The first-order valence-corrected chi connectivity index (χ1v) is 9.94. The summed E-state index contributed by atoms with van der Waals surface area (Å²) < 4.78 is 67.6. The van der Waals surface area contributed by atoms with Crippen LogP contribution in [0.15, 0.2) is 59.5 Å². The lowest BCUT2D eigenvalue weighted by Gasteiger charge is -2.10. The predicted octanol–water partition coefficient (Wildman–Crippen LogP) is 2.03. The maximum Gasteiger partial charge on any atom is 0.405 e. The number of rotatable bonds is 7. The standard InChI is InChI=1S/C18H16F3N3O6S/c19-18(20,21)11-22-17(27)23-15(25)10-30-16(26)12-6-8-14(9-7-12)31(28,29)24-13-4-2-1-3-5-13/h1-9,24H,10-11H2,(H2,22,23,25,27). The molecule has 13 heteroatoms. The lowest BCUT2D eigenvalue weighted by molar-refractivity contribution is -0.125. The van der Waals surface area contributed by atoms with E-state index in [1.165, 1.54) is 5.32 Å². The van der Waals surface area contributed by atoms with Gasteiger partial charge in [0, 0.05) is 5.69 Å². The van der Waals surface area contributed by atoms with Crippen molar-refractivity contribution >= 4 is 33.6 Å². The molecular weight excluding hydrogens is 443 g/mol. The molecular formula is C18H16F3N3O6S. The van der Waals surface area contributed by atoms with Gasteiger partial charge in [-0.15, -0.1) is 0 Å². The van der Waals surface area contributed by atoms with Crippen LogP contribution in [0, 0.1) is 0 Å². The molecule has 0 fully saturated rings. The van der Waals surface area contributed by atoms with Gasteiger partial charge in [-0.2, -0.15) is 13.2 Å². The van der Waals surface area contributed by atoms with Crippen LogP contribution in [0.2, 0.25) is 0 Å². The summed E-state index contributed by atoms with van der Waals surface area (Å²) in [5.41, 5.74) is 0.254. The second-order valence-electron chi connectivity index (χ2n) is 5.92. The van der Waals surface area contributed by atoms with Crippen LogP contribution < -0.4 is 15.4 Å². The summed E-state index contributed by atoms with van der Waals surface area (Å²) in [6, 6.07) is 11.3. The number of amides is 3. The molecule has 0 heterocycles. The summed E-state index contributed by atoms with van der Waals surface area (Å²) in [6.45, 7) is -2.58. The highest BCUT2D eigenvalue weighted by Crippen LogP contribution is 2.16. The van der Waals surface area contributed by atoms with Crippen LogP contribution in [0.3, 0.4) is 0 Å². The van der Waals surface area contributed by atoms with Crippen molar-refractivity contribution in [2.75, 3.05) is 17.9 Å². The highest BCUT2D eigenvalue weighted by molar-refractivity contribution is 7.92. The number of nitrogens with one attached hydrogen (secondary N) is 3. The molecule has 0 unspecified atom stereocenters. The van der Waals surface area contributed by atoms with Crippen LogP contribution >= 0.6 is 0 Å². The first kappa shape index (κ1) is 23.7. The number of halogens is 3. The van der Waals surface area contributed by atoms with Crippen LogP contribution in [0.1, 0.15) is 10.4 Å². The third-order valence-corrected chi connectivity index (χ3v) is 4.86. The van der Waals surface area contributed by atoms with E-state index in [4.69, 9.17) is 0 Å². The topological polar surface area (TPSA) is 131 Å². The molecule has 3 N–H and O–H groups in total. The smallest absolute Gasteiger partial charge is 0.405 e. The fourth-order valence-electron chi connectivity index (χ4n) is 2.09. The van der Waals surface area contributed by atoms with E-state index in [0.717, 1.165) is 24.3 Å². The number of hydrogen-bond acceptors (Lipinski definition) is 6. The van der Waals surface area contributed by atoms with Crippen LogP contribution in [0.25, 0.3) is 0 Å². The van der Waals surface area contributed by atoms with Crippen molar-refractivity contribution in [1.29, 1.82) is 0 Å². The van der Waals surface area contributed by atoms with Crippen LogP contribution in [0.5, 0.6) is 0 Å². The highest BCUT2D eigenvalue weighted by atomic mass is 32.2. The molecule has 2 aromatic rings. The fourth-order valence-corrected chi connectivity index (χ4v) is 3.15. The zero-order chi connectivity index (χ0) is 23.1. The lowest BCUT2D eigenvalue weighted by Crippen LogP contribution is -2.44. The van der Waals surface area contributed by atoms with Gasteiger partial charge in [-0.25, -0.2) is 18.0 Å². The van der Waals surface area contributed by atoms with Gasteiger partial charge in [0.2, 0.25) is 0 Å². The number of carbonyl (C=O) groups is 3. The quantitative estimate of drug-likeness (QED) is 0.543. The number of carbonyl (C=O) groups excluding carboxylic acids is 3. The number of anilines is 1. The molecule has 0 radical (unpaired) electrons. The van der Waals surface area contributed by atoms with E-state index >= 15 is 0 Å². The third kappa shape index (κ3) is 7.97. The first-order chi connectivity index (χ1) is 14.5. The normalized spacial score (nSPS) is 11.3. The van der Waals surface area contributed by atoms with Gasteiger partial charge < -0.3 is 10.1 Å². The van der Waals surface area contributed by atoms with E-state index in [1.807, 2.05) is 0 Å². The van der Waals surface area contributed by atoms with E-state index < -0.39 is 47.3 Å². The van der Waals surface area contributed by atoms with Crippen LogP contribution in [-0.4, -0.2) is 45.7 Å². The Hall–Kier alpha value is -3.61. The number of para-hydroxylation sites is 1. The Labute approximate surface area is 174 Å². The van der Waals surface area contributed by atoms with Gasteiger partial charge in [-0.1, -0.05) is 18.2 Å². The van der Waals surface area contributed by atoms with Gasteiger partial charge in [-0.05, 0) is 36.4 Å². The van der Waals surface area contributed by atoms with Crippen molar-refractivity contribution in [1.82, 2.24) is 10.6 Å². The average Bonchev–Trinajstić information content (AvgIpc) is 2.70. The minimum atomic E-state index is -4.65. The number of benzene rings is 2. The maximum absolute atomic E-state index is 12.3. The Morgan fingerprint density at radius 1 is 0.935 bits per heavy atom. The second kappa shape index (κ2) is 9.93. The number of urea groups is 1. The summed E-state index contributed by atoms with van der Waals surface area (Å²) in [5, 5.41) is 2.97. The second-order valence-corrected chi connectivity index (χ2v) is 7.60. The molecule has 2 aromatic carbocycles. The van der Waals surface area contributed by atoms with Crippen molar-refractivity contribution in [2.24, 2.45) is 0 Å². The number of sulfonamides is 1. The number of ether oxygens (including phenoxy) is 1. The van der Waals surface area contributed by atoms with Gasteiger partial charge >= 0.3 is 18.2 Å². The Morgan fingerprint density at radius 3 is 2.13 bits per heavy atom. The number of imide groups is 1. The van der Waals surface area contributed by atoms with E-state index in [9.17, 15) is 36.0 Å². The molecule has 0 atom stereocenters. The molecule has 2 rings (SSSR count). The molecule has 0 spiro atoms. The van der Waals surface area contributed by atoms with Crippen LogP contribution in [-0.2, 0) is 19.6 Å². The van der Waals surface area contributed by atoms with E-state index in [1.54, 1.807) is 35.6 Å². The summed E-state index contributed by atoms with van der Waals surface area (Å²) in [6.07, 6.45) is -4.65. The SMILES string of the molecule is O=C(COC(=O)c1ccc(S(=O)(=O)Nc2ccccc2)cc1)NC(=O)NCC(F)(F)F. The Balaban J connectivity index is 1.88. The van der Waals surface area contributed by atoms with E-state index in [2.05, 4.69) is 9.46 Å². The summed E-state index contributed by atoms with van der Waals surface area (Å²) >= 11 is 0. The maximum atomic E-state index is 12.3. The summed E-state index contributed by atoms with van der Waals surface area (Å²) in [5.74, 6) is -2.16. The van der Waals surface area contributed by atoms with Crippen LogP contribution in [0.4, 0.5) is 23.7 Å². The summed E-state index contributed by atoms with van der Waals surface area (Å²) in [4.78, 5) is 34.4. The third-order valence-electron chi connectivity index (χ3n) is 3.46. The minimum Gasteiger partial charge on any atom is -0.452 e. The monoisotopic (exact) mass is 459 g/mol. The van der Waals surface area contributed by atoms with Gasteiger partial charge in [0.1, 0.15) is 6.54 Å². The van der Waals surface area contributed by atoms with Crippen molar-refractivity contribution in [3.8, 4) is 0 Å². The number of hydrogen-bond donors (Lipinski definition) is 3. The minimum absolute atomic E-state index is 0.0898. The van der Waals surface area contributed by atoms with E-state index in [0.29, 0.717) is 5.69 Å². The van der Waals surface area contributed by atoms with Crippen molar-refractivity contribution < 1.29 is 40.7 Å². The molecule has 0 aromatic heterocycles. The van der Waals surface area contributed by atoms with Crippen molar-refractivity contribution in [3.05, 3.63) is 60.2 Å².